The molecule has 2 aromatic rings. The number of ether oxygens (including phenoxy) is 1. The maximum atomic E-state index is 5.92. The number of aryl methyl sites for hydroxylation is 1. The number of nitrogens with one attached hydrogen (secondary N) is 1. The fourth-order valence-corrected chi connectivity index (χ4v) is 2.64. The summed E-state index contributed by atoms with van der Waals surface area (Å²) >= 11 is 0. The molecule has 0 bridgehead atoms. The molecule has 2 heterocycles. The highest BCUT2D eigenvalue weighted by molar-refractivity contribution is 5.46. The van der Waals surface area contributed by atoms with E-state index in [1.165, 1.54) is 0 Å². The first-order valence-corrected chi connectivity index (χ1v) is 7.67. The maximum absolute atomic E-state index is 5.92. The van der Waals surface area contributed by atoms with Crippen molar-refractivity contribution in [2.24, 2.45) is 18.7 Å². The standard InChI is InChI=1S/C15H22N6O/c1-21-9-7-13(20-21)18-15-17-8-6-14(19-15)22-10-11-2-4-12(16)5-3-11/h6-9,11-12H,2-5,10,16H2,1H3,(H,17,18,19,20)/t11-,12+. The monoisotopic (exact) mass is 302 g/mol. The Hall–Kier alpha value is -2.15. The van der Waals surface area contributed by atoms with Crippen LogP contribution in [-0.2, 0) is 7.05 Å². The fourth-order valence-electron chi connectivity index (χ4n) is 2.64. The molecule has 0 unspecified atom stereocenters. The van der Waals surface area contributed by atoms with Gasteiger partial charge in [0.2, 0.25) is 11.8 Å². The Morgan fingerprint density at radius 1 is 1.32 bits per heavy atom. The third kappa shape index (κ3) is 3.94. The molecule has 0 amide bonds. The van der Waals surface area contributed by atoms with Crippen molar-refractivity contribution < 1.29 is 4.74 Å². The van der Waals surface area contributed by atoms with E-state index < -0.39 is 0 Å². The smallest absolute Gasteiger partial charge is 0.231 e. The van der Waals surface area contributed by atoms with Gasteiger partial charge >= 0.3 is 0 Å². The van der Waals surface area contributed by atoms with E-state index in [2.05, 4.69) is 20.4 Å². The quantitative estimate of drug-likeness (QED) is 0.876. The largest absolute Gasteiger partial charge is 0.477 e. The van der Waals surface area contributed by atoms with Gasteiger partial charge in [-0.25, -0.2) is 4.98 Å². The van der Waals surface area contributed by atoms with Gasteiger partial charge in [0.15, 0.2) is 5.82 Å². The lowest BCUT2D eigenvalue weighted by Crippen LogP contribution is -2.28. The molecule has 3 rings (SSSR count). The predicted octanol–water partition coefficient (Wildman–Crippen LogP) is 1.85. The van der Waals surface area contributed by atoms with Crippen LogP contribution >= 0.6 is 0 Å². The molecule has 7 nitrogen and oxygen atoms in total. The van der Waals surface area contributed by atoms with Gasteiger partial charge < -0.3 is 15.8 Å². The van der Waals surface area contributed by atoms with Crippen molar-refractivity contribution in [2.45, 2.75) is 31.7 Å². The summed E-state index contributed by atoms with van der Waals surface area (Å²) in [5.74, 6) is 2.35. The normalized spacial score (nSPS) is 21.5. The highest BCUT2D eigenvalue weighted by atomic mass is 16.5. The molecule has 2 aromatic heterocycles. The average Bonchev–Trinajstić information content (AvgIpc) is 2.92. The van der Waals surface area contributed by atoms with Crippen molar-refractivity contribution in [1.29, 1.82) is 0 Å². The first kappa shape index (κ1) is 14.8. The number of nitrogens with two attached hydrogens (primary N) is 1. The molecule has 1 fully saturated rings. The lowest BCUT2D eigenvalue weighted by atomic mass is 9.87. The summed E-state index contributed by atoms with van der Waals surface area (Å²) in [7, 11) is 1.86. The lowest BCUT2D eigenvalue weighted by molar-refractivity contribution is 0.195. The molecule has 7 heteroatoms. The Kier molecular flexibility index (Phi) is 4.53. The van der Waals surface area contributed by atoms with Crippen LogP contribution in [-0.4, -0.2) is 32.4 Å². The molecule has 1 aliphatic rings. The number of hydrogen-bond donors (Lipinski definition) is 2. The van der Waals surface area contributed by atoms with Gasteiger partial charge in [0.1, 0.15) is 0 Å². The van der Waals surface area contributed by atoms with Crippen molar-refractivity contribution in [3.05, 3.63) is 24.5 Å². The van der Waals surface area contributed by atoms with Crippen LogP contribution in [0.4, 0.5) is 11.8 Å². The van der Waals surface area contributed by atoms with Gasteiger partial charge in [0.25, 0.3) is 0 Å². The molecule has 0 atom stereocenters. The van der Waals surface area contributed by atoms with E-state index in [0.29, 0.717) is 36.2 Å². The zero-order chi connectivity index (χ0) is 15.4. The van der Waals surface area contributed by atoms with Gasteiger partial charge in [-0.2, -0.15) is 10.1 Å². The first-order valence-electron chi connectivity index (χ1n) is 7.67. The Balaban J connectivity index is 1.54. The van der Waals surface area contributed by atoms with Crippen molar-refractivity contribution in [3.63, 3.8) is 0 Å². The second-order valence-electron chi connectivity index (χ2n) is 5.81. The van der Waals surface area contributed by atoms with Crippen LogP contribution in [0.1, 0.15) is 25.7 Å². The van der Waals surface area contributed by atoms with E-state index in [1.54, 1.807) is 16.9 Å². The number of aromatic nitrogens is 4. The topological polar surface area (TPSA) is 90.9 Å². The number of hydrogen-bond acceptors (Lipinski definition) is 6. The number of rotatable bonds is 5. The van der Waals surface area contributed by atoms with Crippen LogP contribution in [0, 0.1) is 5.92 Å². The molecule has 1 saturated carbocycles. The summed E-state index contributed by atoms with van der Waals surface area (Å²) < 4.78 is 7.53. The summed E-state index contributed by atoms with van der Waals surface area (Å²) in [6, 6.07) is 4.00. The van der Waals surface area contributed by atoms with Gasteiger partial charge in [-0.3, -0.25) is 4.68 Å². The highest BCUT2D eigenvalue weighted by Crippen LogP contribution is 2.24. The van der Waals surface area contributed by atoms with Gasteiger partial charge in [0, 0.05) is 37.6 Å². The minimum Gasteiger partial charge on any atom is -0.477 e. The minimum atomic E-state index is 0.365. The Morgan fingerprint density at radius 2 is 2.14 bits per heavy atom. The zero-order valence-corrected chi connectivity index (χ0v) is 12.8. The lowest BCUT2D eigenvalue weighted by Gasteiger charge is -2.25. The van der Waals surface area contributed by atoms with E-state index in [1.807, 2.05) is 19.3 Å². The molecule has 118 valence electrons. The fraction of sp³-hybridized carbons (Fsp3) is 0.533. The van der Waals surface area contributed by atoms with Crippen LogP contribution in [0.2, 0.25) is 0 Å². The molecule has 3 N–H and O–H groups in total. The van der Waals surface area contributed by atoms with Crippen LogP contribution in [0.5, 0.6) is 5.88 Å². The summed E-state index contributed by atoms with van der Waals surface area (Å²) in [6.07, 6.45) is 7.98. The first-order chi connectivity index (χ1) is 10.7. The van der Waals surface area contributed by atoms with Gasteiger partial charge in [-0.15, -0.1) is 0 Å². The molecular formula is C15H22N6O. The molecule has 0 aliphatic heterocycles. The summed E-state index contributed by atoms with van der Waals surface area (Å²) in [6.45, 7) is 0.687. The molecule has 22 heavy (non-hydrogen) atoms. The Labute approximate surface area is 129 Å². The molecule has 0 aromatic carbocycles. The summed E-state index contributed by atoms with van der Waals surface area (Å²) in [5.41, 5.74) is 5.92. The molecule has 0 spiro atoms. The van der Waals surface area contributed by atoms with Crippen LogP contribution in [0.3, 0.4) is 0 Å². The summed E-state index contributed by atoms with van der Waals surface area (Å²) in [5, 5.41) is 7.29. The highest BCUT2D eigenvalue weighted by Gasteiger charge is 2.19. The van der Waals surface area contributed by atoms with E-state index >= 15 is 0 Å². The van der Waals surface area contributed by atoms with Crippen LogP contribution < -0.4 is 15.8 Å². The molecule has 0 saturated heterocycles. The predicted molar refractivity (Wildman–Crippen MR) is 84.0 cm³/mol. The van der Waals surface area contributed by atoms with Gasteiger partial charge in [-0.05, 0) is 31.6 Å². The third-order valence-corrected chi connectivity index (χ3v) is 3.94. The Morgan fingerprint density at radius 3 is 2.86 bits per heavy atom. The molecule has 1 aliphatic carbocycles. The van der Waals surface area contributed by atoms with Crippen molar-refractivity contribution >= 4 is 11.8 Å². The van der Waals surface area contributed by atoms with Gasteiger partial charge in [-0.1, -0.05) is 0 Å². The zero-order valence-electron chi connectivity index (χ0n) is 12.8. The van der Waals surface area contributed by atoms with Crippen molar-refractivity contribution in [3.8, 4) is 5.88 Å². The van der Waals surface area contributed by atoms with Crippen LogP contribution in [0.15, 0.2) is 24.5 Å². The second kappa shape index (κ2) is 6.74. The maximum Gasteiger partial charge on any atom is 0.231 e. The number of nitrogens with zero attached hydrogens (tertiary/aromatic N) is 4. The van der Waals surface area contributed by atoms with Crippen LogP contribution in [0.25, 0.3) is 0 Å². The van der Waals surface area contributed by atoms with E-state index in [9.17, 15) is 0 Å². The molecular weight excluding hydrogens is 280 g/mol. The molecule has 0 radical (unpaired) electrons. The van der Waals surface area contributed by atoms with E-state index in [4.69, 9.17) is 10.5 Å². The van der Waals surface area contributed by atoms with Crippen molar-refractivity contribution in [2.75, 3.05) is 11.9 Å². The second-order valence-corrected chi connectivity index (χ2v) is 5.81. The Bertz CT molecular complexity index is 606. The van der Waals surface area contributed by atoms with Crippen molar-refractivity contribution in [1.82, 2.24) is 19.7 Å². The van der Waals surface area contributed by atoms with E-state index in [0.717, 1.165) is 25.7 Å². The van der Waals surface area contributed by atoms with E-state index in [-0.39, 0.29) is 0 Å². The third-order valence-electron chi connectivity index (χ3n) is 3.94. The summed E-state index contributed by atoms with van der Waals surface area (Å²) in [4.78, 5) is 8.54. The average molecular weight is 302 g/mol. The van der Waals surface area contributed by atoms with Gasteiger partial charge in [0.05, 0.1) is 6.61 Å². The SMILES string of the molecule is Cn1ccc(Nc2nccc(OC[C@H]3CC[C@@H](N)CC3)n2)n1. The minimum absolute atomic E-state index is 0.365. The number of anilines is 2.